The van der Waals surface area contributed by atoms with Gasteiger partial charge < -0.3 is 10.2 Å². The van der Waals surface area contributed by atoms with Gasteiger partial charge in [-0.25, -0.2) is 4.79 Å². The van der Waals surface area contributed by atoms with Crippen molar-refractivity contribution in [2.75, 3.05) is 31.5 Å². The molecule has 5 heteroatoms. The number of carbonyl (C=O) groups excluding carboxylic acids is 1. The van der Waals surface area contributed by atoms with Crippen LogP contribution in [-0.4, -0.2) is 42.0 Å². The summed E-state index contributed by atoms with van der Waals surface area (Å²) in [5.41, 5.74) is 3.34. The van der Waals surface area contributed by atoms with Crippen LogP contribution in [0.15, 0.2) is 48.5 Å². The maximum absolute atomic E-state index is 12.3. The van der Waals surface area contributed by atoms with Crippen LogP contribution in [0.4, 0.5) is 10.5 Å². The predicted molar refractivity (Wildman–Crippen MR) is 98.5 cm³/mol. The summed E-state index contributed by atoms with van der Waals surface area (Å²) in [5.74, 6) is 0. The van der Waals surface area contributed by atoms with Crippen molar-refractivity contribution >= 4 is 23.3 Å². The third kappa shape index (κ3) is 4.49. The number of hydrogen-bond acceptors (Lipinski definition) is 2. The van der Waals surface area contributed by atoms with Gasteiger partial charge in [0.15, 0.2) is 0 Å². The first-order chi connectivity index (χ1) is 11.6. The summed E-state index contributed by atoms with van der Waals surface area (Å²) in [6.07, 6.45) is 0. The van der Waals surface area contributed by atoms with Crippen LogP contribution in [0.25, 0.3) is 0 Å². The lowest BCUT2D eigenvalue weighted by Gasteiger charge is -2.34. The van der Waals surface area contributed by atoms with Crippen LogP contribution in [0.3, 0.4) is 0 Å². The molecule has 1 fully saturated rings. The van der Waals surface area contributed by atoms with Crippen LogP contribution in [0.2, 0.25) is 5.02 Å². The molecule has 2 aromatic carbocycles. The summed E-state index contributed by atoms with van der Waals surface area (Å²) >= 11 is 5.95. The van der Waals surface area contributed by atoms with Gasteiger partial charge in [-0.15, -0.1) is 0 Å². The predicted octanol–water partition coefficient (Wildman–Crippen LogP) is 4.00. The number of hydrogen-bond donors (Lipinski definition) is 1. The molecule has 0 atom stereocenters. The molecule has 0 bridgehead atoms. The Balaban J connectivity index is 1.50. The average Bonchev–Trinajstić information content (AvgIpc) is 2.55. The molecule has 2 amide bonds. The Morgan fingerprint density at radius 3 is 2.54 bits per heavy atom. The third-order valence-corrected chi connectivity index (χ3v) is 4.46. The molecule has 0 unspecified atom stereocenters. The molecule has 0 spiro atoms. The van der Waals surface area contributed by atoms with Gasteiger partial charge in [-0.2, -0.15) is 0 Å². The van der Waals surface area contributed by atoms with E-state index in [0.717, 1.165) is 38.4 Å². The minimum atomic E-state index is -0.0625. The molecular weight excluding hydrogens is 322 g/mol. The summed E-state index contributed by atoms with van der Waals surface area (Å²) in [4.78, 5) is 16.6. The van der Waals surface area contributed by atoms with Gasteiger partial charge in [0.1, 0.15) is 0 Å². The van der Waals surface area contributed by atoms with Crippen molar-refractivity contribution in [3.05, 3.63) is 64.7 Å². The van der Waals surface area contributed by atoms with Gasteiger partial charge in [0.05, 0.1) is 0 Å². The largest absolute Gasteiger partial charge is 0.322 e. The Morgan fingerprint density at radius 2 is 1.83 bits per heavy atom. The van der Waals surface area contributed by atoms with E-state index in [0.29, 0.717) is 5.02 Å². The average molecular weight is 344 g/mol. The molecule has 1 aliphatic rings. The highest BCUT2D eigenvalue weighted by Crippen LogP contribution is 2.16. The SMILES string of the molecule is Cc1cccc(CN2CCN(C(=O)Nc3cccc(Cl)c3)CC2)c1. The second kappa shape index (κ2) is 7.69. The Hall–Kier alpha value is -2.04. The van der Waals surface area contributed by atoms with E-state index in [-0.39, 0.29) is 6.03 Å². The van der Waals surface area contributed by atoms with Crippen LogP contribution in [0.1, 0.15) is 11.1 Å². The zero-order chi connectivity index (χ0) is 16.9. The minimum absolute atomic E-state index is 0.0625. The molecule has 1 heterocycles. The molecule has 2 aromatic rings. The van der Waals surface area contributed by atoms with Gasteiger partial charge in [0.25, 0.3) is 0 Å². The molecule has 1 N–H and O–H groups in total. The Morgan fingerprint density at radius 1 is 1.08 bits per heavy atom. The van der Waals surface area contributed by atoms with Crippen molar-refractivity contribution in [2.45, 2.75) is 13.5 Å². The van der Waals surface area contributed by atoms with E-state index in [1.165, 1.54) is 11.1 Å². The van der Waals surface area contributed by atoms with E-state index in [1.54, 1.807) is 12.1 Å². The van der Waals surface area contributed by atoms with Crippen molar-refractivity contribution in [1.29, 1.82) is 0 Å². The van der Waals surface area contributed by atoms with Gasteiger partial charge >= 0.3 is 6.03 Å². The van der Waals surface area contributed by atoms with Crippen molar-refractivity contribution in [3.63, 3.8) is 0 Å². The normalized spacial score (nSPS) is 15.3. The Labute approximate surface area is 148 Å². The van der Waals surface area contributed by atoms with E-state index >= 15 is 0 Å². The Kier molecular flexibility index (Phi) is 5.38. The second-order valence-corrected chi connectivity index (χ2v) is 6.63. The van der Waals surface area contributed by atoms with Crippen molar-refractivity contribution < 1.29 is 4.79 Å². The first-order valence-electron chi connectivity index (χ1n) is 8.19. The lowest BCUT2D eigenvalue weighted by atomic mass is 10.1. The highest BCUT2D eigenvalue weighted by molar-refractivity contribution is 6.30. The number of aryl methyl sites for hydroxylation is 1. The van der Waals surface area contributed by atoms with Crippen LogP contribution in [-0.2, 0) is 6.54 Å². The van der Waals surface area contributed by atoms with Crippen molar-refractivity contribution in [2.24, 2.45) is 0 Å². The number of nitrogens with zero attached hydrogens (tertiary/aromatic N) is 2. The Bertz CT molecular complexity index is 711. The van der Waals surface area contributed by atoms with E-state index in [2.05, 4.69) is 41.4 Å². The van der Waals surface area contributed by atoms with Crippen molar-refractivity contribution in [3.8, 4) is 0 Å². The van der Waals surface area contributed by atoms with E-state index in [9.17, 15) is 4.79 Å². The summed E-state index contributed by atoms with van der Waals surface area (Å²) < 4.78 is 0. The molecule has 4 nitrogen and oxygen atoms in total. The van der Waals surface area contributed by atoms with Crippen LogP contribution >= 0.6 is 11.6 Å². The molecule has 0 saturated carbocycles. The lowest BCUT2D eigenvalue weighted by molar-refractivity contribution is 0.143. The molecule has 1 saturated heterocycles. The highest BCUT2D eigenvalue weighted by Gasteiger charge is 2.21. The summed E-state index contributed by atoms with van der Waals surface area (Å²) in [5, 5.41) is 3.53. The number of piperazine rings is 1. The summed E-state index contributed by atoms with van der Waals surface area (Å²) in [6, 6.07) is 15.8. The smallest absolute Gasteiger partial charge is 0.321 e. The van der Waals surface area contributed by atoms with Crippen LogP contribution < -0.4 is 5.32 Å². The number of amides is 2. The molecular formula is C19H22ClN3O. The number of benzene rings is 2. The summed E-state index contributed by atoms with van der Waals surface area (Å²) in [7, 11) is 0. The van der Waals surface area contributed by atoms with Gasteiger partial charge in [-0.05, 0) is 30.7 Å². The highest BCUT2D eigenvalue weighted by atomic mass is 35.5. The zero-order valence-corrected chi connectivity index (χ0v) is 14.6. The molecule has 1 aliphatic heterocycles. The molecule has 0 radical (unpaired) electrons. The zero-order valence-electron chi connectivity index (χ0n) is 13.8. The number of carbonyl (C=O) groups is 1. The van der Waals surface area contributed by atoms with E-state index in [1.807, 2.05) is 17.0 Å². The molecule has 24 heavy (non-hydrogen) atoms. The summed E-state index contributed by atoms with van der Waals surface area (Å²) in [6.45, 7) is 6.29. The number of urea groups is 1. The van der Waals surface area contributed by atoms with Crippen LogP contribution in [0.5, 0.6) is 0 Å². The number of halogens is 1. The van der Waals surface area contributed by atoms with Gasteiger partial charge in [0, 0.05) is 43.4 Å². The maximum Gasteiger partial charge on any atom is 0.321 e. The standard InChI is InChI=1S/C19H22ClN3O/c1-15-4-2-5-16(12-15)14-22-8-10-23(11-9-22)19(24)21-18-7-3-6-17(20)13-18/h2-7,12-13H,8-11,14H2,1H3,(H,21,24). The lowest BCUT2D eigenvalue weighted by Crippen LogP contribution is -2.49. The van der Waals surface area contributed by atoms with Gasteiger partial charge in [0.2, 0.25) is 0 Å². The fourth-order valence-corrected chi connectivity index (χ4v) is 3.14. The molecule has 3 rings (SSSR count). The first kappa shape index (κ1) is 16.8. The van der Waals surface area contributed by atoms with E-state index in [4.69, 9.17) is 11.6 Å². The fourth-order valence-electron chi connectivity index (χ4n) is 2.95. The number of anilines is 1. The second-order valence-electron chi connectivity index (χ2n) is 6.19. The maximum atomic E-state index is 12.3. The van der Waals surface area contributed by atoms with E-state index < -0.39 is 0 Å². The number of rotatable bonds is 3. The molecule has 0 aliphatic carbocycles. The number of nitrogens with one attached hydrogen (secondary N) is 1. The van der Waals surface area contributed by atoms with Crippen molar-refractivity contribution in [1.82, 2.24) is 9.80 Å². The minimum Gasteiger partial charge on any atom is -0.322 e. The first-order valence-corrected chi connectivity index (χ1v) is 8.57. The van der Waals surface area contributed by atoms with Gasteiger partial charge in [-0.3, -0.25) is 4.90 Å². The fraction of sp³-hybridized carbons (Fsp3) is 0.316. The van der Waals surface area contributed by atoms with Crippen LogP contribution in [0, 0.1) is 6.92 Å². The monoisotopic (exact) mass is 343 g/mol. The molecule has 0 aromatic heterocycles. The topological polar surface area (TPSA) is 35.6 Å². The van der Waals surface area contributed by atoms with Gasteiger partial charge in [-0.1, -0.05) is 47.5 Å². The quantitative estimate of drug-likeness (QED) is 0.914. The molecule has 126 valence electrons. The third-order valence-electron chi connectivity index (χ3n) is 4.22.